The van der Waals surface area contributed by atoms with E-state index in [-0.39, 0.29) is 0 Å². The molecule has 0 radical (unpaired) electrons. The van der Waals surface area contributed by atoms with E-state index in [1.807, 2.05) is 0 Å². The second-order valence-corrected chi connectivity index (χ2v) is 9.05. The molecule has 5 aromatic rings. The molecule has 0 N–H and O–H groups in total. The first-order chi connectivity index (χ1) is 16.9. The quantitative estimate of drug-likeness (QED) is 0.253. The van der Waals surface area contributed by atoms with Crippen molar-refractivity contribution in [3.05, 3.63) is 138 Å². The van der Waals surface area contributed by atoms with Crippen LogP contribution in [0, 0.1) is 0 Å². The van der Waals surface area contributed by atoms with Gasteiger partial charge in [0.15, 0.2) is 6.54 Å². The van der Waals surface area contributed by atoms with Gasteiger partial charge in [0.1, 0.15) is 0 Å². The van der Waals surface area contributed by atoms with Crippen LogP contribution in [-0.4, -0.2) is 0 Å². The SMILES string of the molecule is c1ccc(CC[n+]2c(-c3ccccc3)cc(-c3ccccc3)c3c2-c2ccccc2CC3)cc1. The van der Waals surface area contributed by atoms with Gasteiger partial charge in [0.25, 0.3) is 0 Å². The molecule has 0 unspecified atom stereocenters. The minimum atomic E-state index is 0.944. The van der Waals surface area contributed by atoms with Crippen LogP contribution in [0.3, 0.4) is 0 Å². The van der Waals surface area contributed by atoms with E-state index in [9.17, 15) is 0 Å². The Morgan fingerprint density at radius 1 is 0.559 bits per heavy atom. The van der Waals surface area contributed by atoms with E-state index in [0.29, 0.717) is 0 Å². The van der Waals surface area contributed by atoms with Crippen molar-refractivity contribution in [1.29, 1.82) is 0 Å². The van der Waals surface area contributed by atoms with Crippen molar-refractivity contribution in [3.63, 3.8) is 0 Å². The zero-order chi connectivity index (χ0) is 22.7. The monoisotopic (exact) mass is 438 g/mol. The van der Waals surface area contributed by atoms with Crippen LogP contribution < -0.4 is 4.57 Å². The molecule has 1 aliphatic carbocycles. The van der Waals surface area contributed by atoms with Gasteiger partial charge in [-0.05, 0) is 53.3 Å². The molecule has 164 valence electrons. The van der Waals surface area contributed by atoms with E-state index in [2.05, 4.69) is 126 Å². The number of pyridine rings is 1. The topological polar surface area (TPSA) is 3.88 Å². The molecule has 1 heteroatoms. The second-order valence-electron chi connectivity index (χ2n) is 9.05. The van der Waals surface area contributed by atoms with Crippen molar-refractivity contribution >= 4 is 0 Å². The van der Waals surface area contributed by atoms with Crippen LogP contribution in [0.15, 0.2) is 121 Å². The summed E-state index contributed by atoms with van der Waals surface area (Å²) >= 11 is 0. The van der Waals surface area contributed by atoms with Gasteiger partial charge in [0.05, 0.1) is 0 Å². The van der Waals surface area contributed by atoms with Crippen LogP contribution in [0.2, 0.25) is 0 Å². The highest BCUT2D eigenvalue weighted by Crippen LogP contribution is 2.39. The summed E-state index contributed by atoms with van der Waals surface area (Å²) < 4.78 is 2.59. The molecule has 0 saturated carbocycles. The molecule has 0 aliphatic heterocycles. The lowest BCUT2D eigenvalue weighted by Crippen LogP contribution is -2.42. The maximum absolute atomic E-state index is 2.59. The number of rotatable bonds is 5. The standard InChI is InChI=1S/C33H28N/c1-4-12-25(13-5-1)22-23-34-32(28-17-8-3-9-18-28)24-31(26-14-6-2-7-15-26)30-21-20-27-16-10-11-19-29(27)33(30)34/h1-19,24H,20-23H2/q+1. The number of fused-ring (bicyclic) bond motifs is 3. The molecule has 1 aliphatic rings. The van der Waals surface area contributed by atoms with Gasteiger partial charge in [-0.25, -0.2) is 0 Å². The molecule has 1 heterocycles. The van der Waals surface area contributed by atoms with Crippen LogP contribution in [0.5, 0.6) is 0 Å². The number of nitrogens with zero attached hydrogens (tertiary/aromatic N) is 1. The van der Waals surface area contributed by atoms with Crippen LogP contribution in [0.4, 0.5) is 0 Å². The third-order valence-corrected chi connectivity index (χ3v) is 6.99. The Hall–Kier alpha value is -3.97. The molecule has 0 spiro atoms. The second kappa shape index (κ2) is 9.11. The van der Waals surface area contributed by atoms with Gasteiger partial charge in [-0.3, -0.25) is 0 Å². The third-order valence-electron chi connectivity index (χ3n) is 6.99. The molecule has 4 aromatic carbocycles. The third kappa shape index (κ3) is 3.84. The largest absolute Gasteiger partial charge is 0.217 e. The van der Waals surface area contributed by atoms with E-state index < -0.39 is 0 Å². The van der Waals surface area contributed by atoms with E-state index >= 15 is 0 Å². The fourth-order valence-electron chi connectivity index (χ4n) is 5.34. The number of aromatic nitrogens is 1. The lowest BCUT2D eigenvalue weighted by atomic mass is 9.83. The van der Waals surface area contributed by atoms with Crippen molar-refractivity contribution in [1.82, 2.24) is 0 Å². The van der Waals surface area contributed by atoms with Crippen molar-refractivity contribution < 1.29 is 4.57 Å². The summed E-state index contributed by atoms with van der Waals surface area (Å²) in [6.45, 7) is 0.944. The summed E-state index contributed by atoms with van der Waals surface area (Å²) in [6, 6.07) is 44.0. The van der Waals surface area contributed by atoms with Gasteiger partial charge in [-0.15, -0.1) is 0 Å². The Bertz CT molecular complexity index is 1420. The van der Waals surface area contributed by atoms with Gasteiger partial charge in [0.2, 0.25) is 11.4 Å². The summed E-state index contributed by atoms with van der Waals surface area (Å²) in [6.07, 6.45) is 3.16. The maximum atomic E-state index is 2.59. The molecule has 0 saturated heterocycles. The molecular weight excluding hydrogens is 410 g/mol. The lowest BCUT2D eigenvalue weighted by Gasteiger charge is -2.23. The molecule has 0 atom stereocenters. The molecular formula is C33H28N+. The van der Waals surface area contributed by atoms with E-state index in [0.717, 1.165) is 25.8 Å². The normalized spacial score (nSPS) is 12.1. The highest BCUT2D eigenvalue weighted by molar-refractivity contribution is 5.80. The van der Waals surface area contributed by atoms with E-state index in [4.69, 9.17) is 0 Å². The van der Waals surface area contributed by atoms with E-state index in [1.165, 1.54) is 50.3 Å². The molecule has 0 fully saturated rings. The summed E-state index contributed by atoms with van der Waals surface area (Å²) in [5.74, 6) is 0. The van der Waals surface area contributed by atoms with Gasteiger partial charge in [-0.2, -0.15) is 4.57 Å². The summed E-state index contributed by atoms with van der Waals surface area (Å²) in [5.41, 5.74) is 12.3. The Morgan fingerprint density at radius 3 is 1.91 bits per heavy atom. The fourth-order valence-corrected chi connectivity index (χ4v) is 5.34. The number of benzene rings is 4. The predicted octanol–water partition coefficient (Wildman–Crippen LogP) is 7.32. The Labute approximate surface area is 202 Å². The number of aryl methyl sites for hydroxylation is 2. The molecule has 1 aromatic heterocycles. The highest BCUT2D eigenvalue weighted by Gasteiger charge is 2.31. The molecule has 34 heavy (non-hydrogen) atoms. The maximum Gasteiger partial charge on any atom is 0.217 e. The predicted molar refractivity (Wildman–Crippen MR) is 140 cm³/mol. The molecule has 0 bridgehead atoms. The van der Waals surface area contributed by atoms with Crippen LogP contribution in [0.1, 0.15) is 16.7 Å². The van der Waals surface area contributed by atoms with E-state index in [1.54, 1.807) is 0 Å². The van der Waals surface area contributed by atoms with Crippen LogP contribution >= 0.6 is 0 Å². The zero-order valence-electron chi connectivity index (χ0n) is 19.3. The minimum Gasteiger partial charge on any atom is -0.191 e. The lowest BCUT2D eigenvalue weighted by molar-refractivity contribution is -0.675. The fraction of sp³-hybridized carbons (Fsp3) is 0.121. The first kappa shape index (κ1) is 20.6. The molecule has 0 amide bonds. The Kier molecular flexibility index (Phi) is 5.53. The first-order valence-electron chi connectivity index (χ1n) is 12.2. The first-order valence-corrected chi connectivity index (χ1v) is 12.2. The number of hydrogen-bond donors (Lipinski definition) is 0. The van der Waals surface area contributed by atoms with Crippen LogP contribution in [-0.2, 0) is 25.8 Å². The van der Waals surface area contributed by atoms with Gasteiger partial charge >= 0.3 is 0 Å². The van der Waals surface area contributed by atoms with Crippen molar-refractivity contribution in [2.45, 2.75) is 25.8 Å². The van der Waals surface area contributed by atoms with Crippen molar-refractivity contribution in [2.24, 2.45) is 0 Å². The zero-order valence-corrected chi connectivity index (χ0v) is 19.3. The van der Waals surface area contributed by atoms with Crippen molar-refractivity contribution in [2.75, 3.05) is 0 Å². The molecule has 1 nitrogen and oxygen atoms in total. The summed E-state index contributed by atoms with van der Waals surface area (Å²) in [5, 5.41) is 0. The number of hydrogen-bond acceptors (Lipinski definition) is 0. The van der Waals surface area contributed by atoms with Gasteiger partial charge < -0.3 is 0 Å². The Balaban J connectivity index is 1.63. The average Bonchev–Trinajstić information content (AvgIpc) is 2.92. The summed E-state index contributed by atoms with van der Waals surface area (Å²) in [4.78, 5) is 0. The highest BCUT2D eigenvalue weighted by atomic mass is 15.0. The van der Waals surface area contributed by atoms with Crippen molar-refractivity contribution in [3.8, 4) is 33.6 Å². The smallest absolute Gasteiger partial charge is 0.191 e. The Morgan fingerprint density at radius 2 is 1.18 bits per heavy atom. The van der Waals surface area contributed by atoms with Gasteiger partial charge in [0, 0.05) is 29.2 Å². The average molecular weight is 439 g/mol. The molecule has 6 rings (SSSR count). The summed E-state index contributed by atoms with van der Waals surface area (Å²) in [7, 11) is 0. The van der Waals surface area contributed by atoms with Gasteiger partial charge in [-0.1, -0.05) is 97.1 Å². The minimum absolute atomic E-state index is 0.944. The van der Waals surface area contributed by atoms with Crippen LogP contribution in [0.25, 0.3) is 33.6 Å².